The van der Waals surface area contributed by atoms with Crippen LogP contribution >= 0.6 is 0 Å². The first-order valence-electron chi connectivity index (χ1n) is 8.23. The van der Waals surface area contributed by atoms with Gasteiger partial charge >= 0.3 is 11.7 Å². The van der Waals surface area contributed by atoms with Gasteiger partial charge in [-0.1, -0.05) is 13.3 Å². The molecule has 0 aliphatic carbocycles. The standard InChI is InChI=1S/C15H23N3O8/c1-2-3-6-24-8-11(20)26-17-10-4-5-18(15(23)16-10)14-13(22)12(21)9(7-19)25-14/h4-5,9,12-14,19,21-22H,2-3,6-8H2,1H3,(H,16,17,23)/t9-,12-,13-,14-/m1/s1. The zero-order valence-electron chi connectivity index (χ0n) is 14.3. The van der Waals surface area contributed by atoms with Crippen molar-refractivity contribution in [1.29, 1.82) is 0 Å². The molecular formula is C15H23N3O8. The summed E-state index contributed by atoms with van der Waals surface area (Å²) in [5.74, 6) is -0.699. The SMILES string of the molecule is CCCCOCC(=O)ONc1ccn([C@@H]2O[C@H](CO)[C@@H](O)[C@H]2O)c(=O)n1. The zero-order chi connectivity index (χ0) is 19.1. The second-order valence-electron chi connectivity index (χ2n) is 5.71. The van der Waals surface area contributed by atoms with Gasteiger partial charge in [-0.3, -0.25) is 4.57 Å². The third-order valence-electron chi connectivity index (χ3n) is 3.75. The van der Waals surface area contributed by atoms with Gasteiger partial charge in [-0.25, -0.2) is 15.1 Å². The van der Waals surface area contributed by atoms with Crippen molar-refractivity contribution in [3.05, 3.63) is 22.7 Å². The summed E-state index contributed by atoms with van der Waals surface area (Å²) < 4.78 is 11.3. The molecule has 11 nitrogen and oxygen atoms in total. The highest BCUT2D eigenvalue weighted by Gasteiger charge is 2.43. The molecule has 1 aromatic rings. The number of carbonyl (C=O) groups is 1. The molecule has 1 aromatic heterocycles. The average molecular weight is 373 g/mol. The quantitative estimate of drug-likeness (QED) is 0.298. The number of hydrogen-bond donors (Lipinski definition) is 4. The number of carbonyl (C=O) groups excluding carboxylic acids is 1. The number of nitrogens with one attached hydrogen (secondary N) is 1. The van der Waals surface area contributed by atoms with E-state index in [0.29, 0.717) is 6.61 Å². The first kappa shape index (κ1) is 20.3. The number of unbranched alkanes of at least 4 members (excludes halogenated alkanes) is 1. The maximum Gasteiger partial charge on any atom is 0.357 e. The lowest BCUT2D eigenvalue weighted by Gasteiger charge is -2.17. The summed E-state index contributed by atoms with van der Waals surface area (Å²) in [6, 6.07) is 1.32. The van der Waals surface area contributed by atoms with Crippen molar-refractivity contribution in [3.8, 4) is 0 Å². The summed E-state index contributed by atoms with van der Waals surface area (Å²) in [6.45, 7) is 1.71. The van der Waals surface area contributed by atoms with Crippen molar-refractivity contribution >= 4 is 11.8 Å². The second kappa shape index (κ2) is 9.59. The van der Waals surface area contributed by atoms with E-state index < -0.39 is 42.8 Å². The van der Waals surface area contributed by atoms with Crippen molar-refractivity contribution in [2.24, 2.45) is 0 Å². The van der Waals surface area contributed by atoms with Gasteiger partial charge < -0.3 is 29.6 Å². The Morgan fingerprint density at radius 3 is 2.81 bits per heavy atom. The number of ether oxygens (including phenoxy) is 2. The average Bonchev–Trinajstić information content (AvgIpc) is 2.92. The van der Waals surface area contributed by atoms with Gasteiger partial charge in [-0.05, 0) is 6.42 Å². The predicted octanol–water partition coefficient (Wildman–Crippen LogP) is -1.46. The van der Waals surface area contributed by atoms with Gasteiger partial charge in [-0.15, -0.1) is 0 Å². The monoisotopic (exact) mass is 373 g/mol. The molecule has 11 heteroatoms. The fourth-order valence-electron chi connectivity index (χ4n) is 2.31. The van der Waals surface area contributed by atoms with E-state index in [1.807, 2.05) is 6.92 Å². The summed E-state index contributed by atoms with van der Waals surface area (Å²) in [6.07, 6.45) is -1.89. The first-order chi connectivity index (χ1) is 12.5. The van der Waals surface area contributed by atoms with Crippen LogP contribution in [0.5, 0.6) is 0 Å². The van der Waals surface area contributed by atoms with Crippen molar-refractivity contribution in [2.75, 3.05) is 25.3 Å². The number of rotatable bonds is 9. The van der Waals surface area contributed by atoms with Gasteiger partial charge in [0.1, 0.15) is 24.9 Å². The molecule has 4 atom stereocenters. The highest BCUT2D eigenvalue weighted by atomic mass is 16.7. The summed E-state index contributed by atoms with van der Waals surface area (Å²) >= 11 is 0. The first-order valence-corrected chi connectivity index (χ1v) is 8.23. The summed E-state index contributed by atoms with van der Waals surface area (Å²) in [4.78, 5) is 31.9. The molecule has 1 fully saturated rings. The number of hydrogen-bond acceptors (Lipinski definition) is 10. The summed E-state index contributed by atoms with van der Waals surface area (Å²) in [5.41, 5.74) is 1.43. The Labute approximate surface area is 149 Å². The van der Waals surface area contributed by atoms with Crippen LogP contribution in [0.1, 0.15) is 26.0 Å². The highest BCUT2D eigenvalue weighted by molar-refractivity contribution is 5.71. The Balaban J connectivity index is 1.91. The van der Waals surface area contributed by atoms with Gasteiger partial charge in [0.25, 0.3) is 0 Å². The largest absolute Gasteiger partial charge is 0.394 e. The van der Waals surface area contributed by atoms with Crippen LogP contribution in [0, 0.1) is 0 Å². The molecule has 0 bridgehead atoms. The molecule has 26 heavy (non-hydrogen) atoms. The minimum Gasteiger partial charge on any atom is -0.394 e. The molecule has 0 unspecified atom stereocenters. The van der Waals surface area contributed by atoms with Crippen molar-refractivity contribution in [1.82, 2.24) is 9.55 Å². The molecule has 0 spiro atoms. The van der Waals surface area contributed by atoms with E-state index in [2.05, 4.69) is 10.5 Å². The van der Waals surface area contributed by atoms with E-state index in [4.69, 9.17) is 19.4 Å². The number of aromatic nitrogens is 2. The van der Waals surface area contributed by atoms with Crippen molar-refractivity contribution in [2.45, 2.75) is 44.3 Å². The summed E-state index contributed by atoms with van der Waals surface area (Å²) in [7, 11) is 0. The van der Waals surface area contributed by atoms with Crippen LogP contribution < -0.4 is 11.2 Å². The molecule has 0 aromatic carbocycles. The number of aliphatic hydroxyl groups is 3. The predicted molar refractivity (Wildman–Crippen MR) is 86.9 cm³/mol. The van der Waals surface area contributed by atoms with Crippen LogP contribution in [0.25, 0.3) is 0 Å². The van der Waals surface area contributed by atoms with Gasteiger partial charge in [0.2, 0.25) is 0 Å². The lowest BCUT2D eigenvalue weighted by Crippen LogP contribution is -2.36. The van der Waals surface area contributed by atoms with E-state index >= 15 is 0 Å². The molecule has 2 heterocycles. The van der Waals surface area contributed by atoms with Crippen LogP contribution in [0.4, 0.5) is 5.82 Å². The number of aliphatic hydroxyl groups excluding tert-OH is 3. The Morgan fingerprint density at radius 2 is 2.19 bits per heavy atom. The van der Waals surface area contributed by atoms with Crippen LogP contribution in [0.15, 0.2) is 17.1 Å². The molecule has 0 saturated carbocycles. The van der Waals surface area contributed by atoms with E-state index in [0.717, 1.165) is 17.4 Å². The second-order valence-corrected chi connectivity index (χ2v) is 5.71. The van der Waals surface area contributed by atoms with Crippen molar-refractivity contribution < 1.29 is 34.4 Å². The fourth-order valence-corrected chi connectivity index (χ4v) is 2.31. The normalized spacial score (nSPS) is 25.2. The molecular weight excluding hydrogens is 350 g/mol. The van der Waals surface area contributed by atoms with Crippen molar-refractivity contribution in [3.63, 3.8) is 0 Å². The maximum absolute atomic E-state index is 12.1. The molecule has 0 radical (unpaired) electrons. The van der Waals surface area contributed by atoms with E-state index in [1.165, 1.54) is 12.3 Å². The topological polar surface area (TPSA) is 152 Å². The molecule has 2 rings (SSSR count). The molecule has 1 aliphatic rings. The number of nitrogens with zero attached hydrogens (tertiary/aromatic N) is 2. The van der Waals surface area contributed by atoms with E-state index in [1.54, 1.807) is 0 Å². The zero-order valence-corrected chi connectivity index (χ0v) is 14.3. The minimum absolute atomic E-state index is 0.0279. The fraction of sp³-hybridized carbons (Fsp3) is 0.667. The molecule has 1 saturated heterocycles. The lowest BCUT2D eigenvalue weighted by atomic mass is 10.1. The minimum atomic E-state index is -1.40. The van der Waals surface area contributed by atoms with Crippen LogP contribution in [0.3, 0.4) is 0 Å². The van der Waals surface area contributed by atoms with Crippen LogP contribution in [-0.2, 0) is 19.1 Å². The van der Waals surface area contributed by atoms with Gasteiger partial charge in [0.15, 0.2) is 12.0 Å². The van der Waals surface area contributed by atoms with Crippen LogP contribution in [-0.4, -0.2) is 69.0 Å². The summed E-state index contributed by atoms with van der Waals surface area (Å²) in [5, 5.41) is 28.7. The molecule has 146 valence electrons. The Morgan fingerprint density at radius 1 is 1.42 bits per heavy atom. The Bertz CT molecular complexity index is 652. The van der Waals surface area contributed by atoms with E-state index in [-0.39, 0.29) is 12.4 Å². The molecule has 4 N–H and O–H groups in total. The Kier molecular flexibility index (Phi) is 7.48. The molecule has 1 aliphatic heterocycles. The lowest BCUT2D eigenvalue weighted by molar-refractivity contribution is -0.146. The van der Waals surface area contributed by atoms with Crippen LogP contribution in [0.2, 0.25) is 0 Å². The van der Waals surface area contributed by atoms with Gasteiger partial charge in [-0.2, -0.15) is 4.98 Å². The van der Waals surface area contributed by atoms with Gasteiger partial charge in [0.05, 0.1) is 6.61 Å². The number of anilines is 1. The molecule has 0 amide bonds. The third-order valence-corrected chi connectivity index (χ3v) is 3.75. The maximum atomic E-state index is 12.1. The third kappa shape index (κ3) is 4.99. The highest BCUT2D eigenvalue weighted by Crippen LogP contribution is 2.28. The van der Waals surface area contributed by atoms with Gasteiger partial charge in [0, 0.05) is 18.9 Å². The smallest absolute Gasteiger partial charge is 0.357 e. The Hall–Kier alpha value is -2.05. The van der Waals surface area contributed by atoms with E-state index in [9.17, 15) is 19.8 Å².